The maximum absolute atomic E-state index is 13.4. The van der Waals surface area contributed by atoms with Crippen molar-refractivity contribution in [3.63, 3.8) is 0 Å². The predicted molar refractivity (Wildman–Crippen MR) is 402 cm³/mol. The van der Waals surface area contributed by atoms with Gasteiger partial charge in [0.15, 0.2) is 12.6 Å². The zero-order valence-electron chi connectivity index (χ0n) is 63.1. The van der Waals surface area contributed by atoms with E-state index < -0.39 is 86.8 Å². The van der Waals surface area contributed by atoms with E-state index in [1.54, 1.807) is 0 Å². The van der Waals surface area contributed by atoms with Crippen molar-refractivity contribution in [1.82, 2.24) is 5.32 Å². The molecule has 0 bridgehead atoms. The lowest BCUT2D eigenvalue weighted by molar-refractivity contribution is -0.359. The van der Waals surface area contributed by atoms with Crippen LogP contribution >= 0.6 is 0 Å². The molecule has 0 aromatic rings. The number of carbonyl (C=O) groups excluding carboxylic acids is 1. The third-order valence-electron chi connectivity index (χ3n) is 20.9. The molecule has 12 atom stereocenters. The van der Waals surface area contributed by atoms with Crippen molar-refractivity contribution in [3.8, 4) is 0 Å². The topological polar surface area (TPSA) is 228 Å². The van der Waals surface area contributed by atoms with E-state index in [-0.39, 0.29) is 12.5 Å². The van der Waals surface area contributed by atoms with Crippen LogP contribution in [0.4, 0.5) is 0 Å². The molecule has 0 radical (unpaired) electrons. The first-order valence-corrected chi connectivity index (χ1v) is 42.1. The second kappa shape index (κ2) is 67.6. The first-order valence-electron chi connectivity index (χ1n) is 42.1. The quantitative estimate of drug-likeness (QED) is 0.0204. The summed E-state index contributed by atoms with van der Waals surface area (Å²) in [6, 6.07) is -0.828. The molecular formula is C83H159NO13. The molecule has 0 aromatic heterocycles. The highest BCUT2D eigenvalue weighted by atomic mass is 16.7. The fourth-order valence-electron chi connectivity index (χ4n) is 14.3. The summed E-state index contributed by atoms with van der Waals surface area (Å²) in [5.41, 5.74) is 0. The molecule has 0 spiro atoms. The van der Waals surface area contributed by atoms with E-state index in [0.29, 0.717) is 12.8 Å². The van der Waals surface area contributed by atoms with Crippen molar-refractivity contribution in [2.75, 3.05) is 19.8 Å². The number of ether oxygens (including phenoxy) is 4. The molecule has 9 N–H and O–H groups in total. The van der Waals surface area contributed by atoms with Gasteiger partial charge in [-0.25, -0.2) is 0 Å². The summed E-state index contributed by atoms with van der Waals surface area (Å²) >= 11 is 0. The number of unbranched alkanes of at least 4 members (excludes halogenated alkanes) is 55. The Morgan fingerprint density at radius 1 is 0.371 bits per heavy atom. The minimum Gasteiger partial charge on any atom is -0.394 e. The summed E-state index contributed by atoms with van der Waals surface area (Å²) in [4.78, 5) is 13.4. The number of aliphatic hydroxyl groups excluding tert-OH is 8. The number of aliphatic hydroxyl groups is 8. The number of hydrogen-bond donors (Lipinski definition) is 9. The lowest BCUT2D eigenvalue weighted by atomic mass is 9.97. The van der Waals surface area contributed by atoms with Crippen molar-refractivity contribution in [2.45, 2.75) is 479 Å². The van der Waals surface area contributed by atoms with Crippen molar-refractivity contribution >= 4 is 5.91 Å². The SMILES string of the molecule is CCCCCCC/C=C\C/C=C\CCCCCCCCCCCCCCCCCCCCCCCCCC(=O)NC(COC1OC(CO)C(OC2OC(CO)C(O)C(O)C2O)C(O)C1O)C(O)CCCCCCCCCCCCCCCCCCCCCCCCCCCCCC. The zero-order chi connectivity index (χ0) is 70.1. The fraction of sp³-hybridized carbons (Fsp3) is 0.940. The second-order valence-electron chi connectivity index (χ2n) is 30.0. The van der Waals surface area contributed by atoms with Gasteiger partial charge in [0.05, 0.1) is 32.0 Å². The van der Waals surface area contributed by atoms with Crippen LogP contribution in [0.15, 0.2) is 24.3 Å². The van der Waals surface area contributed by atoms with Crippen LogP contribution in [0.3, 0.4) is 0 Å². The maximum atomic E-state index is 13.4. The van der Waals surface area contributed by atoms with Crippen molar-refractivity contribution in [3.05, 3.63) is 24.3 Å². The van der Waals surface area contributed by atoms with Crippen LogP contribution in [0.2, 0.25) is 0 Å². The van der Waals surface area contributed by atoms with Gasteiger partial charge in [0.25, 0.3) is 0 Å². The van der Waals surface area contributed by atoms with Gasteiger partial charge in [-0.05, 0) is 44.9 Å². The maximum Gasteiger partial charge on any atom is 0.220 e. The number of nitrogens with one attached hydrogen (secondary N) is 1. The molecule has 0 aromatic carbocycles. The van der Waals surface area contributed by atoms with E-state index >= 15 is 0 Å². The van der Waals surface area contributed by atoms with E-state index in [1.807, 2.05) is 0 Å². The first-order chi connectivity index (χ1) is 47.6. The van der Waals surface area contributed by atoms with Crippen LogP contribution < -0.4 is 5.32 Å². The molecule has 2 rings (SSSR count). The Morgan fingerprint density at radius 2 is 0.680 bits per heavy atom. The number of hydrogen-bond acceptors (Lipinski definition) is 13. The van der Waals surface area contributed by atoms with Gasteiger partial charge in [-0.1, -0.05) is 378 Å². The molecule has 14 heteroatoms. The van der Waals surface area contributed by atoms with Gasteiger partial charge in [-0.2, -0.15) is 0 Å². The lowest BCUT2D eigenvalue weighted by Gasteiger charge is -2.46. The third-order valence-corrected chi connectivity index (χ3v) is 20.9. The highest BCUT2D eigenvalue weighted by Crippen LogP contribution is 2.31. The minimum absolute atomic E-state index is 0.196. The molecular weight excluding hydrogens is 1220 g/mol. The number of carbonyl (C=O) groups is 1. The van der Waals surface area contributed by atoms with E-state index in [9.17, 15) is 45.6 Å². The summed E-state index contributed by atoms with van der Waals surface area (Å²) in [6.45, 7) is 2.93. The highest BCUT2D eigenvalue weighted by molar-refractivity contribution is 5.76. The van der Waals surface area contributed by atoms with Gasteiger partial charge in [-0.15, -0.1) is 0 Å². The number of rotatable bonds is 72. The number of allylic oxidation sites excluding steroid dienone is 4. The van der Waals surface area contributed by atoms with E-state index in [0.717, 1.165) is 57.8 Å². The molecule has 574 valence electrons. The van der Waals surface area contributed by atoms with E-state index in [2.05, 4.69) is 43.5 Å². The number of amides is 1. The van der Waals surface area contributed by atoms with Crippen molar-refractivity contribution < 1.29 is 64.6 Å². The van der Waals surface area contributed by atoms with Gasteiger partial charge in [0, 0.05) is 6.42 Å². The Labute approximate surface area is 596 Å². The summed E-state index contributed by atoms with van der Waals surface area (Å²) < 4.78 is 23.0. The van der Waals surface area contributed by atoms with Gasteiger partial charge < -0.3 is 65.1 Å². The minimum atomic E-state index is -1.78. The van der Waals surface area contributed by atoms with Crippen molar-refractivity contribution in [2.24, 2.45) is 0 Å². The molecule has 0 saturated carbocycles. The van der Waals surface area contributed by atoms with Crippen LogP contribution in [-0.2, 0) is 23.7 Å². The van der Waals surface area contributed by atoms with Crippen molar-refractivity contribution in [1.29, 1.82) is 0 Å². The Bertz CT molecular complexity index is 1720. The zero-order valence-corrected chi connectivity index (χ0v) is 63.1. The Balaban J connectivity index is 1.58. The molecule has 14 nitrogen and oxygen atoms in total. The standard InChI is InChI=1S/C83H159NO13/c1-3-5-7-9-11-13-15-17-19-21-23-25-27-29-31-33-34-35-36-37-38-39-41-43-45-47-49-51-53-55-57-59-61-63-65-67-75(88)84-71(70-94-82-80(93)78(91)81(74(69-86)96-82)97-83-79(92)77(90)76(89)73(68-85)95-83)72(87)66-64-62-60-58-56-54-52-50-48-46-44-42-40-32-30-28-26-24-22-20-18-16-14-12-10-8-6-4-2/h15,17,21,23,71-74,76-83,85-87,89-93H,3-14,16,18-20,22,24-70H2,1-2H3,(H,84,88)/b17-15-,23-21-. The summed E-state index contributed by atoms with van der Waals surface area (Å²) in [6.07, 6.45) is 70.9. The van der Waals surface area contributed by atoms with Gasteiger partial charge in [0.2, 0.25) is 5.91 Å². The molecule has 97 heavy (non-hydrogen) atoms. The van der Waals surface area contributed by atoms with E-state index in [1.165, 1.54) is 321 Å². The molecule has 2 fully saturated rings. The molecule has 2 heterocycles. The highest BCUT2D eigenvalue weighted by Gasteiger charge is 2.51. The first kappa shape index (κ1) is 91.6. The predicted octanol–water partition coefficient (Wildman–Crippen LogP) is 19.4. The molecule has 2 saturated heterocycles. The molecule has 12 unspecified atom stereocenters. The average molecular weight is 1380 g/mol. The normalized spacial score (nSPS) is 22.2. The smallest absolute Gasteiger partial charge is 0.220 e. The van der Waals surface area contributed by atoms with E-state index in [4.69, 9.17) is 18.9 Å². The van der Waals surface area contributed by atoms with Gasteiger partial charge in [-0.3, -0.25) is 4.79 Å². The summed E-state index contributed by atoms with van der Waals surface area (Å²) in [5, 5.41) is 87.9. The Hall–Kier alpha value is -1.53. The molecule has 2 aliphatic rings. The average Bonchev–Trinajstić information content (AvgIpc) is 0.793. The largest absolute Gasteiger partial charge is 0.394 e. The van der Waals surface area contributed by atoms with Gasteiger partial charge >= 0.3 is 0 Å². The molecule has 1 amide bonds. The van der Waals surface area contributed by atoms with Crippen LogP contribution in [0.5, 0.6) is 0 Å². The van der Waals surface area contributed by atoms with Crippen LogP contribution in [-0.4, -0.2) is 140 Å². The Kier molecular flexibility index (Phi) is 63.8. The van der Waals surface area contributed by atoms with Crippen LogP contribution in [0.1, 0.15) is 406 Å². The monoisotopic (exact) mass is 1380 g/mol. The Morgan fingerprint density at radius 3 is 1.03 bits per heavy atom. The molecule has 0 aliphatic carbocycles. The third kappa shape index (κ3) is 50.5. The molecule has 2 aliphatic heterocycles. The van der Waals surface area contributed by atoms with Gasteiger partial charge in [0.1, 0.15) is 48.8 Å². The fourth-order valence-corrected chi connectivity index (χ4v) is 14.3. The summed E-state index contributed by atoms with van der Waals surface area (Å²) in [5.74, 6) is -0.196. The van der Waals surface area contributed by atoms with Crippen LogP contribution in [0, 0.1) is 0 Å². The summed E-state index contributed by atoms with van der Waals surface area (Å²) in [7, 11) is 0. The lowest BCUT2D eigenvalue weighted by Crippen LogP contribution is -2.65. The van der Waals surface area contributed by atoms with Crippen LogP contribution in [0.25, 0.3) is 0 Å². The second-order valence-corrected chi connectivity index (χ2v) is 30.0.